The van der Waals surface area contributed by atoms with Gasteiger partial charge in [-0.05, 0) is 70.8 Å². The molecule has 1 aliphatic carbocycles. The number of aliphatic hydroxyl groups is 1. The molecule has 2 N–H and O–H groups in total. The topological polar surface area (TPSA) is 65.1 Å². The Kier molecular flexibility index (Phi) is 6.77. The number of hydrogen-bond donors (Lipinski definition) is 1. The number of rotatable bonds is 6. The first-order chi connectivity index (χ1) is 18.9. The molecule has 0 bridgehead atoms. The Balaban J connectivity index is 1.43. The molecule has 2 aromatic carbocycles. The smallest absolute Gasteiger partial charge is 0.278 e. The van der Waals surface area contributed by atoms with Gasteiger partial charge in [0.1, 0.15) is 11.8 Å². The Morgan fingerprint density at radius 3 is 2.62 bits per heavy atom. The highest BCUT2D eigenvalue weighted by Crippen LogP contribution is 2.41. The fourth-order valence-electron chi connectivity index (χ4n) is 5.02. The van der Waals surface area contributed by atoms with E-state index in [9.17, 15) is 9.50 Å². The number of halogens is 3. The van der Waals surface area contributed by atoms with Gasteiger partial charge in [0.15, 0.2) is 0 Å². The van der Waals surface area contributed by atoms with Crippen LogP contribution in [-0.4, -0.2) is 26.0 Å². The van der Waals surface area contributed by atoms with E-state index in [4.69, 9.17) is 23.2 Å². The number of alkyl halides is 1. The molecule has 194 valence electrons. The van der Waals surface area contributed by atoms with E-state index in [0.29, 0.717) is 38.7 Å². The van der Waals surface area contributed by atoms with Gasteiger partial charge in [-0.3, -0.25) is 4.98 Å². The van der Waals surface area contributed by atoms with E-state index in [1.807, 2.05) is 48.7 Å². The van der Waals surface area contributed by atoms with Gasteiger partial charge in [0.2, 0.25) is 5.52 Å². The highest BCUT2D eigenvalue weighted by molar-refractivity contribution is 6.38. The second-order valence-corrected chi connectivity index (χ2v) is 10.3. The van der Waals surface area contributed by atoms with E-state index in [0.717, 1.165) is 22.3 Å². The van der Waals surface area contributed by atoms with Crippen molar-refractivity contribution in [3.63, 3.8) is 0 Å². The second-order valence-electron chi connectivity index (χ2n) is 9.51. The number of nitrogens with zero attached hydrogens (tertiary/aromatic N) is 3. The molecule has 1 aliphatic rings. The summed E-state index contributed by atoms with van der Waals surface area (Å²) in [5.74, 6) is 0. The molecule has 0 aliphatic heterocycles. The van der Waals surface area contributed by atoms with Gasteiger partial charge in [-0.1, -0.05) is 42.0 Å². The summed E-state index contributed by atoms with van der Waals surface area (Å²) in [7, 11) is 0. The lowest BCUT2D eigenvalue weighted by molar-refractivity contribution is -0.342. The van der Waals surface area contributed by atoms with Crippen LogP contribution in [0.15, 0.2) is 109 Å². The van der Waals surface area contributed by atoms with Gasteiger partial charge in [0.25, 0.3) is 5.15 Å². The predicted molar refractivity (Wildman–Crippen MR) is 151 cm³/mol. The van der Waals surface area contributed by atoms with Crippen molar-refractivity contribution in [1.82, 2.24) is 14.8 Å². The molecule has 5 aromatic rings. The summed E-state index contributed by atoms with van der Waals surface area (Å²) < 4.78 is 16.2. The molecule has 0 radical (unpaired) electrons. The fraction of sp³-hybridized carbons (Fsp3) is 0.129. The lowest BCUT2D eigenvalue weighted by Crippen LogP contribution is -2.31. The largest absolute Gasteiger partial charge is 0.376 e. The van der Waals surface area contributed by atoms with Crippen molar-refractivity contribution in [2.75, 3.05) is 0 Å². The van der Waals surface area contributed by atoms with Crippen LogP contribution in [0.4, 0.5) is 4.39 Å². The highest BCUT2D eigenvalue weighted by Gasteiger charge is 2.37. The number of H-pyrrole nitrogens is 1. The number of allylic oxidation sites excluding steroid dienone is 2. The SMILES string of the molecule is OC(C1=CC(F)CC=C1)(c1cccnc1)c1ccc2[nH+]c(Cl)c(Cc3ccc(-n4cccn4)cc3)c(Cl)c2c1. The molecule has 39 heavy (non-hydrogen) atoms. The zero-order chi connectivity index (χ0) is 27.0. The Morgan fingerprint density at radius 1 is 1.05 bits per heavy atom. The van der Waals surface area contributed by atoms with Gasteiger partial charge in [-0.25, -0.2) is 9.07 Å². The molecular formula is C31H24Cl2FN4O+. The zero-order valence-corrected chi connectivity index (χ0v) is 22.2. The number of aromatic amines is 1. The number of benzene rings is 2. The van der Waals surface area contributed by atoms with E-state index < -0.39 is 11.8 Å². The summed E-state index contributed by atoms with van der Waals surface area (Å²) in [4.78, 5) is 7.45. The number of hydrogen-bond acceptors (Lipinski definition) is 3. The number of aromatic nitrogens is 4. The molecular weight excluding hydrogens is 534 g/mol. The monoisotopic (exact) mass is 557 g/mol. The third kappa shape index (κ3) is 4.76. The number of pyridine rings is 2. The highest BCUT2D eigenvalue weighted by atomic mass is 35.5. The van der Waals surface area contributed by atoms with Gasteiger partial charge in [0, 0.05) is 49.3 Å². The summed E-state index contributed by atoms with van der Waals surface area (Å²) >= 11 is 13.6. The van der Waals surface area contributed by atoms with Gasteiger partial charge in [0.05, 0.1) is 21.7 Å². The molecule has 3 aromatic heterocycles. The van der Waals surface area contributed by atoms with Gasteiger partial charge < -0.3 is 5.11 Å². The minimum absolute atomic E-state index is 0.274. The Labute approximate surface area is 234 Å². The predicted octanol–water partition coefficient (Wildman–Crippen LogP) is 6.59. The van der Waals surface area contributed by atoms with Crippen molar-refractivity contribution in [2.24, 2.45) is 0 Å². The average Bonchev–Trinajstić information content (AvgIpc) is 3.51. The minimum Gasteiger partial charge on any atom is -0.376 e. The van der Waals surface area contributed by atoms with E-state index >= 15 is 0 Å². The maximum absolute atomic E-state index is 14.4. The molecule has 0 saturated heterocycles. The van der Waals surface area contributed by atoms with Crippen LogP contribution in [0.2, 0.25) is 10.2 Å². The zero-order valence-electron chi connectivity index (χ0n) is 20.7. The van der Waals surface area contributed by atoms with Crippen molar-refractivity contribution in [3.8, 4) is 5.69 Å². The molecule has 2 unspecified atom stereocenters. The number of nitrogens with one attached hydrogen (secondary N) is 1. The van der Waals surface area contributed by atoms with Gasteiger partial charge in [-0.2, -0.15) is 10.1 Å². The van der Waals surface area contributed by atoms with Crippen molar-refractivity contribution in [1.29, 1.82) is 0 Å². The Morgan fingerprint density at radius 2 is 1.90 bits per heavy atom. The van der Waals surface area contributed by atoms with Crippen molar-refractivity contribution in [3.05, 3.63) is 142 Å². The summed E-state index contributed by atoms with van der Waals surface area (Å²) in [6.45, 7) is 0. The first-order valence-corrected chi connectivity index (χ1v) is 13.3. The van der Waals surface area contributed by atoms with Gasteiger partial charge in [-0.15, -0.1) is 0 Å². The Bertz CT molecular complexity index is 1700. The summed E-state index contributed by atoms with van der Waals surface area (Å²) in [6, 6.07) is 18.9. The van der Waals surface area contributed by atoms with E-state index in [-0.39, 0.29) is 6.42 Å². The second kappa shape index (κ2) is 10.4. The lowest BCUT2D eigenvalue weighted by Gasteiger charge is -2.32. The molecule has 8 heteroatoms. The molecule has 0 saturated carbocycles. The third-order valence-corrected chi connectivity index (χ3v) is 7.80. The van der Waals surface area contributed by atoms with E-state index in [1.165, 1.54) is 6.08 Å². The molecule has 3 heterocycles. The summed E-state index contributed by atoms with van der Waals surface area (Å²) in [6.07, 6.45) is 11.4. The first-order valence-electron chi connectivity index (χ1n) is 12.5. The maximum Gasteiger partial charge on any atom is 0.278 e. The Hall–Kier alpha value is -3.84. The van der Waals surface area contributed by atoms with Crippen LogP contribution in [0.1, 0.15) is 28.7 Å². The van der Waals surface area contributed by atoms with Crippen molar-refractivity contribution < 1.29 is 14.5 Å². The standard InChI is InChI=1S/C31H23Cl2FN4O/c32-29-26-18-22(31(39,23-5-2-13-35-19-23)21-4-1-6-24(34)17-21)9-12-28(26)37-30(33)27(29)16-20-7-10-25(11-8-20)38-15-3-14-36-38/h1-5,7-15,17-19,24,39H,6,16H2/p+1. The molecule has 0 fully saturated rings. The summed E-state index contributed by atoms with van der Waals surface area (Å²) in [5.41, 5.74) is 3.32. The maximum atomic E-state index is 14.4. The van der Waals surface area contributed by atoms with E-state index in [2.05, 4.69) is 15.1 Å². The average molecular weight is 558 g/mol. The lowest BCUT2D eigenvalue weighted by atomic mass is 9.78. The molecule has 2 atom stereocenters. The van der Waals surface area contributed by atoms with Crippen LogP contribution in [0, 0.1) is 0 Å². The fourth-order valence-corrected chi connectivity index (χ4v) is 5.65. The quantitative estimate of drug-likeness (QED) is 0.239. The normalized spacial score (nSPS) is 16.7. The van der Waals surface area contributed by atoms with Crippen LogP contribution in [0.5, 0.6) is 0 Å². The van der Waals surface area contributed by atoms with Crippen LogP contribution in [0.25, 0.3) is 16.6 Å². The summed E-state index contributed by atoms with van der Waals surface area (Å²) in [5, 5.41) is 18.1. The van der Waals surface area contributed by atoms with Crippen LogP contribution in [0.3, 0.4) is 0 Å². The molecule has 5 nitrogen and oxygen atoms in total. The minimum atomic E-state index is -1.63. The van der Waals surface area contributed by atoms with Crippen LogP contribution >= 0.6 is 23.2 Å². The first kappa shape index (κ1) is 25.4. The van der Waals surface area contributed by atoms with Gasteiger partial charge >= 0.3 is 0 Å². The van der Waals surface area contributed by atoms with Crippen LogP contribution < -0.4 is 4.98 Å². The third-order valence-electron chi connectivity index (χ3n) is 7.05. The van der Waals surface area contributed by atoms with Crippen molar-refractivity contribution in [2.45, 2.75) is 24.6 Å². The van der Waals surface area contributed by atoms with Crippen LogP contribution in [-0.2, 0) is 12.0 Å². The van der Waals surface area contributed by atoms with Crippen molar-refractivity contribution >= 4 is 34.1 Å². The van der Waals surface area contributed by atoms with E-state index in [1.54, 1.807) is 53.6 Å². The molecule has 0 spiro atoms. The number of fused-ring (bicyclic) bond motifs is 1. The molecule has 0 amide bonds. The molecule has 6 rings (SSSR count).